The molecule has 0 heterocycles. The number of rotatable bonds is 4. The molecule has 0 atom stereocenters. The summed E-state index contributed by atoms with van der Waals surface area (Å²) in [4.78, 5) is 11.0. The molecule has 21 heavy (non-hydrogen) atoms. The van der Waals surface area contributed by atoms with Gasteiger partial charge in [0.25, 0.3) is 0 Å². The van der Waals surface area contributed by atoms with Crippen molar-refractivity contribution in [1.29, 1.82) is 0 Å². The molecule has 0 saturated heterocycles. The Bertz CT molecular complexity index is 637. The first-order valence-electron chi connectivity index (χ1n) is 7.37. The summed E-state index contributed by atoms with van der Waals surface area (Å²) < 4.78 is 0. The van der Waals surface area contributed by atoms with E-state index < -0.39 is 5.97 Å². The molecule has 110 valence electrons. The van der Waals surface area contributed by atoms with E-state index in [4.69, 9.17) is 5.11 Å². The highest BCUT2D eigenvalue weighted by molar-refractivity contribution is 5.88. The lowest BCUT2D eigenvalue weighted by Gasteiger charge is -2.16. The largest absolute Gasteiger partial charge is 0.478 e. The van der Waals surface area contributed by atoms with Crippen LogP contribution in [0.25, 0.3) is 11.1 Å². The van der Waals surface area contributed by atoms with Crippen molar-refractivity contribution < 1.29 is 9.90 Å². The van der Waals surface area contributed by atoms with Gasteiger partial charge in [-0.2, -0.15) is 0 Å². The van der Waals surface area contributed by atoms with Crippen LogP contribution in [0.2, 0.25) is 0 Å². The summed E-state index contributed by atoms with van der Waals surface area (Å²) >= 11 is 0. The highest BCUT2D eigenvalue weighted by atomic mass is 16.4. The van der Waals surface area contributed by atoms with Gasteiger partial charge in [-0.3, -0.25) is 0 Å². The molecule has 0 aliphatic carbocycles. The number of benzene rings is 2. The number of carboxylic acids is 1. The minimum Gasteiger partial charge on any atom is -0.478 e. The lowest BCUT2D eigenvalue weighted by Crippen LogP contribution is -1.98. The topological polar surface area (TPSA) is 37.3 Å². The van der Waals surface area contributed by atoms with Crippen molar-refractivity contribution in [2.45, 2.75) is 39.5 Å². The van der Waals surface area contributed by atoms with E-state index >= 15 is 0 Å². The van der Waals surface area contributed by atoms with E-state index in [0.717, 1.165) is 5.56 Å². The fraction of sp³-hybridized carbons (Fsp3) is 0.316. The maximum atomic E-state index is 11.0. The Balaban J connectivity index is 2.54. The summed E-state index contributed by atoms with van der Waals surface area (Å²) in [6, 6.07) is 13.8. The molecule has 2 nitrogen and oxygen atoms in total. The molecule has 0 aliphatic heterocycles. The van der Waals surface area contributed by atoms with Crippen molar-refractivity contribution in [3.05, 3.63) is 59.2 Å². The number of aromatic carboxylic acids is 1. The van der Waals surface area contributed by atoms with Crippen LogP contribution >= 0.6 is 0 Å². The Morgan fingerprint density at radius 1 is 0.905 bits per heavy atom. The summed E-state index contributed by atoms with van der Waals surface area (Å²) in [6.07, 6.45) is 0. The van der Waals surface area contributed by atoms with E-state index in [9.17, 15) is 4.79 Å². The molecule has 0 radical (unpaired) electrons. The Labute approximate surface area is 126 Å². The van der Waals surface area contributed by atoms with Crippen molar-refractivity contribution in [1.82, 2.24) is 0 Å². The van der Waals surface area contributed by atoms with Crippen molar-refractivity contribution in [2.24, 2.45) is 0 Å². The van der Waals surface area contributed by atoms with Crippen LogP contribution in [-0.2, 0) is 0 Å². The van der Waals surface area contributed by atoms with Crippen LogP contribution in [0.15, 0.2) is 42.5 Å². The van der Waals surface area contributed by atoms with Crippen LogP contribution in [-0.4, -0.2) is 11.1 Å². The van der Waals surface area contributed by atoms with Gasteiger partial charge in [0, 0.05) is 0 Å². The third-order valence-electron chi connectivity index (χ3n) is 3.81. The summed E-state index contributed by atoms with van der Waals surface area (Å²) in [5.41, 5.74) is 5.20. The van der Waals surface area contributed by atoms with Crippen molar-refractivity contribution in [3.8, 4) is 11.1 Å². The second kappa shape index (κ2) is 6.13. The maximum Gasteiger partial charge on any atom is 0.335 e. The van der Waals surface area contributed by atoms with Gasteiger partial charge in [-0.15, -0.1) is 0 Å². The Hall–Kier alpha value is -2.09. The summed E-state index contributed by atoms with van der Waals surface area (Å²) in [5.74, 6) is 0.0187. The SMILES string of the molecule is CC(C)c1ccc(C(C)C)c(-c2ccc(C(=O)O)cc2)c1. The molecule has 2 aromatic carbocycles. The summed E-state index contributed by atoms with van der Waals surface area (Å²) in [6.45, 7) is 8.72. The quantitative estimate of drug-likeness (QED) is 0.826. The zero-order chi connectivity index (χ0) is 15.6. The van der Waals surface area contributed by atoms with Crippen LogP contribution in [0.4, 0.5) is 0 Å². The van der Waals surface area contributed by atoms with Crippen LogP contribution in [0.3, 0.4) is 0 Å². The summed E-state index contributed by atoms with van der Waals surface area (Å²) in [5, 5.41) is 9.01. The highest BCUT2D eigenvalue weighted by Gasteiger charge is 2.12. The predicted molar refractivity (Wildman–Crippen MR) is 87.0 cm³/mol. The molecule has 0 aromatic heterocycles. The number of carbonyl (C=O) groups is 1. The van der Waals surface area contributed by atoms with Crippen molar-refractivity contribution >= 4 is 5.97 Å². The molecule has 0 fully saturated rings. The highest BCUT2D eigenvalue weighted by Crippen LogP contribution is 2.32. The van der Waals surface area contributed by atoms with Gasteiger partial charge in [-0.1, -0.05) is 58.0 Å². The average molecular weight is 282 g/mol. The minimum absolute atomic E-state index is 0.324. The monoisotopic (exact) mass is 282 g/mol. The van der Waals surface area contributed by atoms with Gasteiger partial charge < -0.3 is 5.11 Å². The Morgan fingerprint density at radius 2 is 1.52 bits per heavy atom. The smallest absolute Gasteiger partial charge is 0.335 e. The first kappa shape index (κ1) is 15.3. The van der Waals surface area contributed by atoms with Crippen LogP contribution in [0.1, 0.15) is 61.0 Å². The van der Waals surface area contributed by atoms with Crippen LogP contribution in [0, 0.1) is 0 Å². The molecular weight excluding hydrogens is 260 g/mol. The number of carboxylic acid groups (broad SMARTS) is 1. The number of hydrogen-bond acceptors (Lipinski definition) is 1. The standard InChI is InChI=1S/C19H22O2/c1-12(2)16-9-10-17(13(3)4)18(11-16)14-5-7-15(8-6-14)19(20)21/h5-13H,1-4H3,(H,20,21). The molecule has 2 aromatic rings. The van der Waals surface area contributed by atoms with E-state index in [2.05, 4.69) is 45.9 Å². The molecule has 1 N–H and O–H groups in total. The Kier molecular flexibility index (Phi) is 4.46. The first-order valence-corrected chi connectivity index (χ1v) is 7.37. The van der Waals surface area contributed by atoms with E-state index in [0.29, 0.717) is 17.4 Å². The molecule has 0 aliphatic rings. The second-order valence-corrected chi connectivity index (χ2v) is 6.04. The van der Waals surface area contributed by atoms with E-state index in [1.807, 2.05) is 12.1 Å². The van der Waals surface area contributed by atoms with E-state index in [-0.39, 0.29) is 0 Å². The molecule has 0 spiro atoms. The molecule has 2 heteroatoms. The predicted octanol–water partition coefficient (Wildman–Crippen LogP) is 5.30. The molecule has 0 amide bonds. The van der Waals surface area contributed by atoms with Gasteiger partial charge in [0.05, 0.1) is 5.56 Å². The molecule has 0 bridgehead atoms. The van der Waals surface area contributed by atoms with Crippen molar-refractivity contribution in [2.75, 3.05) is 0 Å². The van der Waals surface area contributed by atoms with Gasteiger partial charge in [0.15, 0.2) is 0 Å². The average Bonchev–Trinajstić information content (AvgIpc) is 2.46. The van der Waals surface area contributed by atoms with Gasteiger partial charge in [-0.05, 0) is 46.2 Å². The third kappa shape index (κ3) is 3.33. The zero-order valence-corrected chi connectivity index (χ0v) is 13.1. The van der Waals surface area contributed by atoms with E-state index in [1.54, 1.807) is 12.1 Å². The molecule has 0 saturated carbocycles. The van der Waals surface area contributed by atoms with Crippen molar-refractivity contribution in [3.63, 3.8) is 0 Å². The van der Waals surface area contributed by atoms with Gasteiger partial charge >= 0.3 is 5.97 Å². The summed E-state index contributed by atoms with van der Waals surface area (Å²) in [7, 11) is 0. The van der Waals surface area contributed by atoms with Crippen LogP contribution in [0.5, 0.6) is 0 Å². The molecule has 2 rings (SSSR count). The Morgan fingerprint density at radius 3 is 2.00 bits per heavy atom. The fourth-order valence-electron chi connectivity index (χ4n) is 2.48. The lowest BCUT2D eigenvalue weighted by atomic mass is 9.88. The molecule has 0 unspecified atom stereocenters. The fourth-order valence-corrected chi connectivity index (χ4v) is 2.48. The minimum atomic E-state index is -0.887. The van der Waals surface area contributed by atoms with Gasteiger partial charge in [0.1, 0.15) is 0 Å². The molecular formula is C19H22O2. The van der Waals surface area contributed by atoms with Gasteiger partial charge in [-0.25, -0.2) is 4.79 Å². The second-order valence-electron chi connectivity index (χ2n) is 6.04. The zero-order valence-electron chi connectivity index (χ0n) is 13.1. The normalized spacial score (nSPS) is 11.1. The number of hydrogen-bond donors (Lipinski definition) is 1. The third-order valence-corrected chi connectivity index (χ3v) is 3.81. The van der Waals surface area contributed by atoms with E-state index in [1.165, 1.54) is 16.7 Å². The first-order chi connectivity index (χ1) is 9.90. The van der Waals surface area contributed by atoms with Crippen LogP contribution < -0.4 is 0 Å². The van der Waals surface area contributed by atoms with Gasteiger partial charge in [0.2, 0.25) is 0 Å². The maximum absolute atomic E-state index is 11.0. The lowest BCUT2D eigenvalue weighted by molar-refractivity contribution is 0.0697.